The van der Waals surface area contributed by atoms with Crippen molar-refractivity contribution in [3.8, 4) is 0 Å². The van der Waals surface area contributed by atoms with Gasteiger partial charge in [0.2, 0.25) is 0 Å². The lowest BCUT2D eigenvalue weighted by atomic mass is 9.89. The van der Waals surface area contributed by atoms with Crippen molar-refractivity contribution in [3.05, 3.63) is 46.7 Å². The minimum atomic E-state index is -4.31. The zero-order chi connectivity index (χ0) is 19.8. The van der Waals surface area contributed by atoms with Crippen molar-refractivity contribution in [2.24, 2.45) is 20.7 Å². The quantitative estimate of drug-likeness (QED) is 0.654. The second-order valence-corrected chi connectivity index (χ2v) is 8.37. The molecule has 1 unspecified atom stereocenters. The molecule has 0 bridgehead atoms. The first-order chi connectivity index (χ1) is 12.5. The summed E-state index contributed by atoms with van der Waals surface area (Å²) in [6, 6.07) is 5.39. The van der Waals surface area contributed by atoms with Crippen molar-refractivity contribution in [3.63, 3.8) is 0 Å². The van der Waals surface area contributed by atoms with Crippen LogP contribution >= 0.6 is 0 Å². The molecule has 1 atom stereocenters. The predicted octanol–water partition coefficient (Wildman–Crippen LogP) is 5.81. The normalized spacial score (nSPS) is 22.0. The lowest BCUT2D eigenvalue weighted by Gasteiger charge is -2.31. The number of allylic oxidation sites excluding steroid dienone is 1. The zero-order valence-corrected chi connectivity index (χ0v) is 16.1. The molecule has 2 aliphatic rings. The maximum atomic E-state index is 12.6. The van der Waals surface area contributed by atoms with E-state index in [9.17, 15) is 13.2 Å². The van der Waals surface area contributed by atoms with Crippen LogP contribution in [0, 0.1) is 5.41 Å². The lowest BCUT2D eigenvalue weighted by Crippen LogP contribution is -2.37. The van der Waals surface area contributed by atoms with Crippen LogP contribution in [0.3, 0.4) is 0 Å². The molecule has 1 aromatic carbocycles. The molecule has 0 radical (unpaired) electrons. The molecule has 7 heteroatoms. The molecular weight excluding hydrogens is 353 g/mol. The molecule has 0 aromatic heterocycles. The predicted molar refractivity (Wildman–Crippen MR) is 99.3 cm³/mol. The van der Waals surface area contributed by atoms with Crippen molar-refractivity contribution in [2.45, 2.75) is 59.3 Å². The van der Waals surface area contributed by atoms with E-state index in [0.717, 1.165) is 54.1 Å². The van der Waals surface area contributed by atoms with Gasteiger partial charge in [0, 0.05) is 12.3 Å². The van der Waals surface area contributed by atoms with Crippen LogP contribution in [0.2, 0.25) is 0 Å². The molecule has 0 N–H and O–H groups in total. The number of fused-ring (bicyclic) bond motifs is 1. The van der Waals surface area contributed by atoms with Gasteiger partial charge in [-0.2, -0.15) is 13.2 Å². The molecule has 1 aliphatic carbocycles. The van der Waals surface area contributed by atoms with Gasteiger partial charge in [0.15, 0.2) is 0 Å². The number of hydrogen-bond acceptors (Lipinski definition) is 4. The number of aliphatic imine (C=N–C) groups is 1. The Hall–Kier alpha value is -2.18. The largest absolute Gasteiger partial charge is 0.416 e. The molecule has 0 spiro atoms. The highest BCUT2D eigenvalue weighted by Crippen LogP contribution is 2.35. The van der Waals surface area contributed by atoms with Gasteiger partial charge in [-0.25, -0.2) is 0 Å². The summed E-state index contributed by atoms with van der Waals surface area (Å²) in [4.78, 5) is 4.64. The number of rotatable bonds is 3. The third kappa shape index (κ3) is 4.57. The average Bonchev–Trinajstić information content (AvgIpc) is 2.96. The molecule has 3 rings (SSSR count). The van der Waals surface area contributed by atoms with Crippen LogP contribution in [0.4, 0.5) is 13.2 Å². The van der Waals surface area contributed by atoms with Crippen molar-refractivity contribution >= 4 is 5.71 Å². The van der Waals surface area contributed by atoms with E-state index in [1.807, 2.05) is 6.92 Å². The summed E-state index contributed by atoms with van der Waals surface area (Å²) in [6.45, 7) is 9.75. The fourth-order valence-electron chi connectivity index (χ4n) is 3.41. The van der Waals surface area contributed by atoms with Gasteiger partial charge >= 0.3 is 6.18 Å². The first-order valence-corrected chi connectivity index (χ1v) is 9.13. The van der Waals surface area contributed by atoms with Crippen molar-refractivity contribution in [1.82, 2.24) is 5.01 Å². The highest BCUT2D eigenvalue weighted by molar-refractivity contribution is 6.01. The Morgan fingerprint density at radius 2 is 1.81 bits per heavy atom. The Morgan fingerprint density at radius 1 is 1.15 bits per heavy atom. The van der Waals surface area contributed by atoms with Gasteiger partial charge in [0.05, 0.1) is 23.8 Å². The van der Waals surface area contributed by atoms with E-state index in [1.54, 1.807) is 0 Å². The van der Waals surface area contributed by atoms with Gasteiger partial charge in [-0.1, -0.05) is 38.1 Å². The highest BCUT2D eigenvalue weighted by atomic mass is 19.4. The number of benzene rings is 1. The lowest BCUT2D eigenvalue weighted by molar-refractivity contribution is -0.137. The summed E-state index contributed by atoms with van der Waals surface area (Å²) < 4.78 is 37.9. The molecule has 0 saturated carbocycles. The third-order valence-corrected chi connectivity index (χ3v) is 4.78. The van der Waals surface area contributed by atoms with Crippen molar-refractivity contribution < 1.29 is 13.2 Å². The van der Waals surface area contributed by atoms with Gasteiger partial charge in [0.1, 0.15) is 0 Å². The van der Waals surface area contributed by atoms with E-state index in [-0.39, 0.29) is 11.5 Å². The van der Waals surface area contributed by atoms with Gasteiger partial charge in [0.25, 0.3) is 0 Å². The topological polar surface area (TPSA) is 40.3 Å². The summed E-state index contributed by atoms with van der Waals surface area (Å²) in [5, 5.41) is 10.8. The van der Waals surface area contributed by atoms with Crippen LogP contribution in [0.15, 0.2) is 50.9 Å². The van der Waals surface area contributed by atoms with Crippen molar-refractivity contribution in [2.75, 3.05) is 6.54 Å². The Balaban J connectivity index is 1.71. The summed E-state index contributed by atoms with van der Waals surface area (Å²) >= 11 is 0. The smallest absolute Gasteiger partial charge is 0.285 e. The number of nitrogens with zero attached hydrogens (tertiary/aromatic N) is 4. The maximum absolute atomic E-state index is 12.6. The SMILES string of the molecule is CC1=C2N=NN(CC(C)(C)C)C2CCC1=NCc1ccc(C(F)(F)F)cc1. The average molecular weight is 378 g/mol. The molecule has 0 amide bonds. The second-order valence-electron chi connectivity index (χ2n) is 8.37. The molecule has 0 saturated heterocycles. The molecule has 27 heavy (non-hydrogen) atoms. The fraction of sp³-hybridized carbons (Fsp3) is 0.550. The molecule has 1 aromatic rings. The minimum absolute atomic E-state index is 0.138. The van der Waals surface area contributed by atoms with E-state index in [0.29, 0.717) is 6.54 Å². The molecular formula is C20H25F3N4. The Labute approximate surface area is 157 Å². The highest BCUT2D eigenvalue weighted by Gasteiger charge is 2.35. The van der Waals surface area contributed by atoms with Gasteiger partial charge < -0.3 is 0 Å². The summed E-state index contributed by atoms with van der Waals surface area (Å²) in [5.74, 6) is 0. The van der Waals surface area contributed by atoms with E-state index < -0.39 is 11.7 Å². The van der Waals surface area contributed by atoms with Crippen LogP contribution in [-0.4, -0.2) is 23.3 Å². The van der Waals surface area contributed by atoms with E-state index in [1.165, 1.54) is 12.1 Å². The molecule has 1 aliphatic heterocycles. The first-order valence-electron chi connectivity index (χ1n) is 9.13. The van der Waals surface area contributed by atoms with Crippen LogP contribution in [0.1, 0.15) is 51.7 Å². The number of halogens is 3. The van der Waals surface area contributed by atoms with Gasteiger partial charge in [-0.05, 0) is 48.4 Å². The maximum Gasteiger partial charge on any atom is 0.416 e. The Morgan fingerprint density at radius 3 is 2.41 bits per heavy atom. The molecule has 4 nitrogen and oxygen atoms in total. The van der Waals surface area contributed by atoms with E-state index >= 15 is 0 Å². The van der Waals surface area contributed by atoms with Crippen LogP contribution < -0.4 is 0 Å². The standard InChI is InChI=1S/C20H25F3N4/c1-13-16(24-11-14-5-7-15(8-6-14)20(21,22)23)9-10-17-18(13)25-26-27(17)12-19(2,3)4/h5-8,17H,9-12H2,1-4H3. The minimum Gasteiger partial charge on any atom is -0.285 e. The Kier molecular flexibility index (Phi) is 5.14. The fourth-order valence-corrected chi connectivity index (χ4v) is 3.41. The van der Waals surface area contributed by atoms with Crippen LogP contribution in [0.25, 0.3) is 0 Å². The third-order valence-electron chi connectivity index (χ3n) is 4.78. The van der Waals surface area contributed by atoms with E-state index in [4.69, 9.17) is 0 Å². The van der Waals surface area contributed by atoms with Crippen LogP contribution in [0.5, 0.6) is 0 Å². The molecule has 146 valence electrons. The van der Waals surface area contributed by atoms with E-state index in [2.05, 4.69) is 41.1 Å². The summed E-state index contributed by atoms with van der Waals surface area (Å²) in [6.07, 6.45) is -2.58. The van der Waals surface area contributed by atoms with Crippen LogP contribution in [-0.2, 0) is 12.7 Å². The monoisotopic (exact) mass is 378 g/mol. The number of alkyl halides is 3. The van der Waals surface area contributed by atoms with Gasteiger partial charge in [-0.3, -0.25) is 10.0 Å². The summed E-state index contributed by atoms with van der Waals surface area (Å²) in [5.41, 5.74) is 3.24. The Bertz CT molecular complexity index is 783. The van der Waals surface area contributed by atoms with Crippen molar-refractivity contribution in [1.29, 1.82) is 0 Å². The first kappa shape index (κ1) is 19.6. The number of hydrogen-bond donors (Lipinski definition) is 0. The molecule has 0 fully saturated rings. The molecule has 1 heterocycles. The summed E-state index contributed by atoms with van der Waals surface area (Å²) in [7, 11) is 0. The second kappa shape index (κ2) is 7.09. The zero-order valence-electron chi connectivity index (χ0n) is 16.1. The van der Waals surface area contributed by atoms with Gasteiger partial charge in [-0.15, -0.1) is 5.11 Å².